The van der Waals surface area contributed by atoms with E-state index in [1.807, 2.05) is 182 Å². The number of aliphatic carboxylic acids is 1. The van der Waals surface area contributed by atoms with Crippen molar-refractivity contribution in [2.45, 2.75) is 208 Å². The zero-order valence-corrected chi connectivity index (χ0v) is 84.4. The van der Waals surface area contributed by atoms with Gasteiger partial charge in [0, 0.05) is 58.3 Å². The minimum atomic E-state index is -0.945. The molecule has 5 amide bonds. The molecule has 4 spiro atoms. The van der Waals surface area contributed by atoms with Gasteiger partial charge in [0.25, 0.3) is 0 Å². The van der Waals surface area contributed by atoms with Crippen LogP contribution < -0.4 is 18.9 Å². The number of hydrogen-bond acceptors (Lipinski definition) is 35. The number of rotatable bonds is 14. The van der Waals surface area contributed by atoms with Gasteiger partial charge in [-0.05, 0) is 166 Å². The van der Waals surface area contributed by atoms with E-state index in [0.29, 0.717) is 38.9 Å². The van der Waals surface area contributed by atoms with Crippen molar-refractivity contribution >= 4 is 210 Å². The smallest absolute Gasteiger partial charge is 0.870 e. The van der Waals surface area contributed by atoms with Crippen LogP contribution in [0.3, 0.4) is 0 Å². The number of esters is 5. The fraction of sp³-hybridized carbons (Fsp3) is 0.655. The Balaban J connectivity index is 0.000000318. The van der Waals surface area contributed by atoms with Crippen LogP contribution in [0.5, 0.6) is 0 Å². The van der Waals surface area contributed by atoms with Crippen LogP contribution in [0.25, 0.3) is 0 Å². The van der Waals surface area contributed by atoms with Crippen molar-refractivity contribution in [1.82, 2.24) is 28.9 Å². The first-order valence-electron chi connectivity index (χ1n) is 41.1. The molecule has 10 aliphatic rings. The number of nitrogens with zero attached hydrogens (tertiary/aromatic N) is 6. The van der Waals surface area contributed by atoms with Crippen LogP contribution in [0.2, 0.25) is 0 Å². The number of ether oxygens (including phenoxy) is 10. The maximum absolute atomic E-state index is 12.6. The van der Waals surface area contributed by atoms with E-state index in [-0.39, 0.29) is 123 Å². The fourth-order valence-corrected chi connectivity index (χ4v) is 28.8. The molecule has 10 saturated heterocycles. The number of methoxy groups -OCH3 is 5. The molecule has 44 heteroatoms. The zero-order chi connectivity index (χ0) is 91.7. The van der Waals surface area contributed by atoms with E-state index >= 15 is 0 Å². The van der Waals surface area contributed by atoms with Gasteiger partial charge in [0.05, 0.1) is 77.2 Å². The molecule has 31 nitrogen and oxygen atoms in total. The average molecular weight is 2020 g/mol. The third-order valence-electron chi connectivity index (χ3n) is 20.3. The van der Waals surface area contributed by atoms with Crippen LogP contribution in [-0.2, 0) is 96.0 Å². The number of aliphatic hydroxyl groups excluding tert-OH is 2. The monoisotopic (exact) mass is 2010 g/mol. The number of β-amino-alcohol motifs (C(OH)–C–C–N with tert-alkyl or cyclic N) is 2. The predicted molar refractivity (Wildman–Crippen MR) is 509 cm³/mol. The second-order valence-corrected chi connectivity index (χ2v) is 46.3. The molecule has 0 aliphatic carbocycles. The van der Waals surface area contributed by atoms with Crippen molar-refractivity contribution in [3.63, 3.8) is 0 Å². The zero-order valence-electron chi connectivity index (χ0n) is 74.5. The van der Waals surface area contributed by atoms with Gasteiger partial charge in [-0.2, -0.15) is 25.3 Å². The number of carbonyl (C=O) groups is 11. The molecular weight excluding hydrogens is 1890 g/mol. The number of aliphatic hydroxyl groups is 2. The van der Waals surface area contributed by atoms with Gasteiger partial charge in [-0.3, -0.25) is 29.3 Å². The van der Waals surface area contributed by atoms with Gasteiger partial charge in [-0.15, -0.1) is 107 Å². The van der Waals surface area contributed by atoms with Gasteiger partial charge in [-0.25, -0.2) is 52.4 Å². The SMILES string of the molecule is CC(C)(C)OC(=O)N1CC2(C[C@H]1C(=O)O)SCCCS2.COC(=O)[C@@H]1CC2(CN1C(=O)OC(C)(C)C)SCCCS2.COC(=O)[C@@H]1CC2(CN1C(=O)OCc1ccccc1)SCCCS2.COC(=O)[C@@H]1CC2(CN1Cl)SCCCS2.COC(=O)[C@@H]1C[C@@H](O)CN1C(=O)OCc1ccccc1.COC(=O)[C@@H]1C[C@H](O)CN1C(=O)OCc1ccccc1.Cl.SCCCS.[Li+].[OH-]. The predicted octanol–water partition coefficient (Wildman–Crippen LogP) is 10.8. The third-order valence-corrected chi connectivity index (χ3v) is 34.6. The van der Waals surface area contributed by atoms with Gasteiger partial charge >= 0.3 is 85.1 Å². The summed E-state index contributed by atoms with van der Waals surface area (Å²) in [5.41, 5.74) is 1.46. The Bertz CT molecular complexity index is 3870. The number of carboxylic acids is 1. The van der Waals surface area contributed by atoms with Gasteiger partial charge in [0.1, 0.15) is 67.3 Å². The molecule has 13 rings (SSSR count). The molecular formula is C84H123Cl2LiN6O25S10. The Morgan fingerprint density at radius 2 is 0.648 bits per heavy atom. The fourth-order valence-electron chi connectivity index (χ4n) is 14.3. The number of carboxylic acid groups (broad SMARTS) is 1. The quantitative estimate of drug-likeness (QED) is 0.0329. The Labute approximate surface area is 819 Å². The molecule has 0 bridgehead atoms. The maximum atomic E-state index is 12.6. The first-order valence-corrected chi connectivity index (χ1v) is 50.6. The van der Waals surface area contributed by atoms with Crippen molar-refractivity contribution < 1.29 is 140 Å². The summed E-state index contributed by atoms with van der Waals surface area (Å²) in [6.07, 6.45) is 4.64. The van der Waals surface area contributed by atoms with Crippen molar-refractivity contribution in [2.24, 2.45) is 0 Å². The summed E-state index contributed by atoms with van der Waals surface area (Å²) in [4.78, 5) is 138. The maximum Gasteiger partial charge on any atom is 1.00 e. The van der Waals surface area contributed by atoms with Crippen molar-refractivity contribution in [1.29, 1.82) is 0 Å². The van der Waals surface area contributed by atoms with Crippen LogP contribution in [0.1, 0.15) is 129 Å². The second kappa shape index (κ2) is 56.6. The number of thiol groups is 2. The number of halogens is 2. The largest absolute Gasteiger partial charge is 1.00 e. The van der Waals surface area contributed by atoms with E-state index in [1.165, 1.54) is 81.0 Å². The number of carbonyl (C=O) groups excluding carboxylic acids is 10. The number of benzene rings is 3. The number of hydrogen-bond donors (Lipinski definition) is 5. The van der Waals surface area contributed by atoms with Crippen LogP contribution in [0.15, 0.2) is 91.0 Å². The number of amides is 5. The van der Waals surface area contributed by atoms with Crippen molar-refractivity contribution in [3.8, 4) is 0 Å². The molecule has 4 N–H and O–H groups in total. The number of thioether (sulfide) groups is 8. The first kappa shape index (κ1) is 116. The summed E-state index contributed by atoms with van der Waals surface area (Å²) < 4.78 is 51.7. The molecule has 8 atom stereocenters. The van der Waals surface area contributed by atoms with Crippen molar-refractivity contribution in [3.05, 3.63) is 108 Å². The average Bonchev–Trinajstić information content (AvgIpc) is 1.64. The molecule has 10 fully saturated rings. The summed E-state index contributed by atoms with van der Waals surface area (Å²) in [5.74, 6) is 7.63. The second-order valence-electron chi connectivity index (χ2n) is 32.1. The van der Waals surface area contributed by atoms with E-state index < -0.39 is 102 Å². The van der Waals surface area contributed by atoms with E-state index in [0.717, 1.165) is 88.5 Å². The van der Waals surface area contributed by atoms with E-state index in [4.69, 9.17) is 49.7 Å². The Hall–Kier alpha value is -4.65. The van der Waals surface area contributed by atoms with Gasteiger partial charge in [0.15, 0.2) is 0 Å². The van der Waals surface area contributed by atoms with Gasteiger partial charge < -0.3 is 68.2 Å². The topological polar surface area (TPSA) is 390 Å². The molecule has 128 heavy (non-hydrogen) atoms. The molecule has 714 valence electrons. The van der Waals surface area contributed by atoms with Gasteiger partial charge in [-0.1, -0.05) is 91.0 Å². The summed E-state index contributed by atoms with van der Waals surface area (Å²) in [6, 6.07) is 24.3. The molecule has 10 aliphatic heterocycles. The molecule has 3 aromatic rings. The van der Waals surface area contributed by atoms with Gasteiger partial charge in [0.2, 0.25) is 0 Å². The molecule has 0 aromatic heterocycles. The summed E-state index contributed by atoms with van der Waals surface area (Å²) in [6.45, 7) is 13.7. The normalized spacial score (nSPS) is 23.0. The minimum Gasteiger partial charge on any atom is -0.870 e. The summed E-state index contributed by atoms with van der Waals surface area (Å²) in [5, 5.41) is 28.6. The third kappa shape index (κ3) is 36.2. The van der Waals surface area contributed by atoms with Crippen molar-refractivity contribution in [2.75, 3.05) is 132 Å². The standard InChI is InChI=1S/C17H21NO4S2.2C14H17NO5.C14H23NO4S2.C13H21NO4S2.C9H14ClNO2S2.C3H8S2.ClH.Li.H2O/c1-21-15(19)14-10-17(23-8-5-9-24-17)12-18(14)16(20)22-11-13-6-3-2-4-7-13;2*1-19-13(17)12-7-11(16)8-15(12)14(18)20-9-10-5-3-2-4-6-10;1-13(2,3)19-12(17)15-9-14(20-6-5-7-21-14)8-10(15)11(16)18-4;1-12(2,3)18-11(17)14-8-13(7-9(14)10(15)16)19-5-4-6-20-13;1-13-8(12)7-5-9(6-11(7)10)14-3-2-4-15-9;4-2-1-3-5;;;/h2-4,6-7,14H,5,8-12H2,1H3;2*2-6,11-12,16H,7-9H2,1H3;10H,5-9H2,1-4H3;9H,4-8H2,1-3H3,(H,15,16);7H,2-6H2,1H3;4-5H,1-3H2;1H;;1H2/q;;;;;;;;+1;/p-1/t14-;11-,12+;11-,12-;10-;9-;7-;;;;/m010000..../s1. The summed E-state index contributed by atoms with van der Waals surface area (Å²) in [7, 11) is 6.64. The van der Waals surface area contributed by atoms with Crippen LogP contribution in [0.4, 0.5) is 24.0 Å². The van der Waals surface area contributed by atoms with E-state index in [2.05, 4.69) is 34.7 Å². The van der Waals surface area contributed by atoms with E-state index in [9.17, 15) is 68.1 Å². The Morgan fingerprint density at radius 1 is 0.398 bits per heavy atom. The van der Waals surface area contributed by atoms with Crippen LogP contribution in [0, 0.1) is 0 Å². The Morgan fingerprint density at radius 3 is 0.922 bits per heavy atom. The molecule has 0 unspecified atom stereocenters. The summed E-state index contributed by atoms with van der Waals surface area (Å²) >= 11 is 28.8. The molecule has 10 heterocycles. The van der Waals surface area contributed by atoms with E-state index in [1.54, 1.807) is 58.5 Å². The first-order chi connectivity index (χ1) is 59.4. The van der Waals surface area contributed by atoms with Crippen LogP contribution in [-0.4, -0.2) is 324 Å². The molecule has 0 radical (unpaired) electrons. The van der Waals surface area contributed by atoms with Crippen LogP contribution >= 0.6 is 144 Å². The Kier molecular flexibility index (Phi) is 51.2. The molecule has 0 saturated carbocycles. The minimum absolute atomic E-state index is 0. The molecule has 3 aromatic carbocycles. The number of likely N-dealkylation sites (tertiary alicyclic amines) is 5.